The number of likely N-dealkylation sites (tertiary alicyclic amines) is 1. The van der Waals surface area contributed by atoms with Gasteiger partial charge in [0.15, 0.2) is 0 Å². The fourth-order valence-corrected chi connectivity index (χ4v) is 2.81. The lowest BCUT2D eigenvalue weighted by atomic mass is 10.00. The quantitative estimate of drug-likeness (QED) is 0.772. The maximum atomic E-state index is 3.81. The zero-order valence-electron chi connectivity index (χ0n) is 11.3. The summed E-state index contributed by atoms with van der Waals surface area (Å²) >= 11 is 0. The second kappa shape index (κ2) is 5.05. The molecule has 0 aromatic rings. The van der Waals surface area contributed by atoms with Crippen LogP contribution >= 0.6 is 0 Å². The van der Waals surface area contributed by atoms with Crippen LogP contribution in [-0.4, -0.2) is 36.6 Å². The summed E-state index contributed by atoms with van der Waals surface area (Å²) in [7, 11) is 0. The van der Waals surface area contributed by atoms with E-state index in [0.29, 0.717) is 5.41 Å². The highest BCUT2D eigenvalue weighted by Crippen LogP contribution is 2.48. The first-order valence-electron chi connectivity index (χ1n) is 7.13. The summed E-state index contributed by atoms with van der Waals surface area (Å²) in [6, 6.07) is 1.52. The summed E-state index contributed by atoms with van der Waals surface area (Å²) in [5.74, 6) is 0. The lowest BCUT2D eigenvalue weighted by Crippen LogP contribution is -2.46. The van der Waals surface area contributed by atoms with Crippen molar-refractivity contribution in [3.63, 3.8) is 0 Å². The summed E-state index contributed by atoms with van der Waals surface area (Å²) in [4.78, 5) is 2.60. The maximum Gasteiger partial charge on any atom is 0.00916 e. The summed E-state index contributed by atoms with van der Waals surface area (Å²) < 4.78 is 0. The number of hydrogen-bond donors (Lipinski definition) is 1. The van der Waals surface area contributed by atoms with Crippen molar-refractivity contribution in [2.75, 3.05) is 19.6 Å². The first-order valence-corrected chi connectivity index (χ1v) is 7.13. The molecule has 94 valence electrons. The molecule has 1 aliphatic carbocycles. The molecular weight excluding hydrogens is 196 g/mol. The van der Waals surface area contributed by atoms with Crippen LogP contribution in [0.3, 0.4) is 0 Å². The molecule has 1 saturated heterocycles. The third-order valence-electron chi connectivity index (χ3n) is 4.73. The molecule has 2 aliphatic rings. The van der Waals surface area contributed by atoms with E-state index < -0.39 is 0 Å². The van der Waals surface area contributed by atoms with Crippen LogP contribution in [0.15, 0.2) is 0 Å². The van der Waals surface area contributed by atoms with E-state index in [1.54, 1.807) is 0 Å². The van der Waals surface area contributed by atoms with Gasteiger partial charge in [0.25, 0.3) is 0 Å². The molecule has 0 amide bonds. The SMILES string of the molecule is CCC1(CNC2CCN(C(C)C)CC2)CC1. The monoisotopic (exact) mass is 224 g/mol. The van der Waals surface area contributed by atoms with Gasteiger partial charge in [-0.1, -0.05) is 6.92 Å². The standard InChI is InChI=1S/C14H28N2/c1-4-14(7-8-14)11-15-13-5-9-16(10-6-13)12(2)3/h12-13,15H,4-11H2,1-3H3. The van der Waals surface area contributed by atoms with Crippen molar-refractivity contribution in [3.8, 4) is 0 Å². The van der Waals surface area contributed by atoms with Gasteiger partial charge in [0.05, 0.1) is 0 Å². The highest BCUT2D eigenvalue weighted by Gasteiger charge is 2.40. The Hall–Kier alpha value is -0.0800. The van der Waals surface area contributed by atoms with Crippen molar-refractivity contribution in [2.45, 2.75) is 65.0 Å². The van der Waals surface area contributed by atoms with E-state index in [1.807, 2.05) is 0 Å². The van der Waals surface area contributed by atoms with E-state index >= 15 is 0 Å². The minimum atomic E-state index is 0.704. The van der Waals surface area contributed by atoms with Gasteiger partial charge in [-0.15, -0.1) is 0 Å². The lowest BCUT2D eigenvalue weighted by Gasteiger charge is -2.35. The second-order valence-electron chi connectivity index (χ2n) is 6.14. The molecular formula is C14H28N2. The second-order valence-corrected chi connectivity index (χ2v) is 6.14. The predicted octanol–water partition coefficient (Wildman–Crippen LogP) is 2.64. The average Bonchev–Trinajstić information content (AvgIpc) is 3.08. The van der Waals surface area contributed by atoms with E-state index in [2.05, 4.69) is 31.0 Å². The molecule has 0 aromatic carbocycles. The maximum absolute atomic E-state index is 3.81. The number of piperidine rings is 1. The first kappa shape index (κ1) is 12.4. The van der Waals surface area contributed by atoms with Gasteiger partial charge >= 0.3 is 0 Å². The van der Waals surface area contributed by atoms with Crippen LogP contribution in [0, 0.1) is 5.41 Å². The van der Waals surface area contributed by atoms with Crippen LogP contribution in [-0.2, 0) is 0 Å². The lowest BCUT2D eigenvalue weighted by molar-refractivity contribution is 0.158. The molecule has 2 nitrogen and oxygen atoms in total. The van der Waals surface area contributed by atoms with Crippen LogP contribution in [0.1, 0.15) is 52.9 Å². The van der Waals surface area contributed by atoms with Gasteiger partial charge in [-0.05, 0) is 64.5 Å². The van der Waals surface area contributed by atoms with Crippen LogP contribution < -0.4 is 5.32 Å². The van der Waals surface area contributed by atoms with E-state index in [0.717, 1.165) is 12.1 Å². The summed E-state index contributed by atoms with van der Waals surface area (Å²) in [6.07, 6.45) is 6.98. The summed E-state index contributed by atoms with van der Waals surface area (Å²) in [5, 5.41) is 3.81. The number of rotatable bonds is 5. The average molecular weight is 224 g/mol. The number of hydrogen-bond acceptors (Lipinski definition) is 2. The Labute approximate surface area is 101 Å². The molecule has 2 heteroatoms. The Morgan fingerprint density at radius 3 is 2.31 bits per heavy atom. The third kappa shape index (κ3) is 2.98. The molecule has 0 aromatic heterocycles. The van der Waals surface area contributed by atoms with Gasteiger partial charge in [-0.2, -0.15) is 0 Å². The summed E-state index contributed by atoms with van der Waals surface area (Å²) in [5.41, 5.74) is 0.704. The minimum Gasteiger partial charge on any atom is -0.313 e. The zero-order valence-corrected chi connectivity index (χ0v) is 11.3. The Morgan fingerprint density at radius 1 is 1.25 bits per heavy atom. The first-order chi connectivity index (χ1) is 7.65. The minimum absolute atomic E-state index is 0.704. The van der Waals surface area contributed by atoms with Crippen LogP contribution in [0.25, 0.3) is 0 Å². The van der Waals surface area contributed by atoms with Gasteiger partial charge in [-0.3, -0.25) is 0 Å². The predicted molar refractivity (Wildman–Crippen MR) is 69.7 cm³/mol. The molecule has 0 atom stereocenters. The molecule has 2 fully saturated rings. The van der Waals surface area contributed by atoms with Crippen molar-refractivity contribution in [2.24, 2.45) is 5.41 Å². The van der Waals surface area contributed by atoms with E-state index in [-0.39, 0.29) is 0 Å². The normalized spacial score (nSPS) is 26.2. The van der Waals surface area contributed by atoms with Gasteiger partial charge in [0.1, 0.15) is 0 Å². The Morgan fingerprint density at radius 2 is 1.88 bits per heavy atom. The molecule has 1 heterocycles. The van der Waals surface area contributed by atoms with Crippen molar-refractivity contribution >= 4 is 0 Å². The van der Waals surface area contributed by atoms with Gasteiger partial charge in [0, 0.05) is 18.6 Å². The Balaban J connectivity index is 1.66. The summed E-state index contributed by atoms with van der Waals surface area (Å²) in [6.45, 7) is 10.8. The van der Waals surface area contributed by atoms with Crippen molar-refractivity contribution in [1.82, 2.24) is 10.2 Å². The van der Waals surface area contributed by atoms with Crippen LogP contribution in [0.2, 0.25) is 0 Å². The number of nitrogens with zero attached hydrogens (tertiary/aromatic N) is 1. The molecule has 0 unspecified atom stereocenters. The van der Waals surface area contributed by atoms with E-state index in [9.17, 15) is 0 Å². The third-order valence-corrected chi connectivity index (χ3v) is 4.73. The van der Waals surface area contributed by atoms with E-state index in [4.69, 9.17) is 0 Å². The molecule has 0 spiro atoms. The van der Waals surface area contributed by atoms with Crippen LogP contribution in [0.4, 0.5) is 0 Å². The molecule has 0 radical (unpaired) electrons. The highest BCUT2D eigenvalue weighted by atomic mass is 15.2. The molecule has 0 bridgehead atoms. The Kier molecular flexibility index (Phi) is 3.91. The van der Waals surface area contributed by atoms with Gasteiger partial charge in [-0.25, -0.2) is 0 Å². The van der Waals surface area contributed by atoms with Crippen LogP contribution in [0.5, 0.6) is 0 Å². The smallest absolute Gasteiger partial charge is 0.00916 e. The molecule has 1 N–H and O–H groups in total. The van der Waals surface area contributed by atoms with Gasteiger partial charge < -0.3 is 10.2 Å². The fraction of sp³-hybridized carbons (Fsp3) is 1.00. The topological polar surface area (TPSA) is 15.3 Å². The van der Waals surface area contributed by atoms with E-state index in [1.165, 1.54) is 51.7 Å². The van der Waals surface area contributed by atoms with Crippen molar-refractivity contribution in [3.05, 3.63) is 0 Å². The zero-order chi connectivity index (χ0) is 11.6. The Bertz CT molecular complexity index is 213. The molecule has 1 saturated carbocycles. The van der Waals surface area contributed by atoms with Gasteiger partial charge in [0.2, 0.25) is 0 Å². The highest BCUT2D eigenvalue weighted by molar-refractivity contribution is 4.94. The molecule has 16 heavy (non-hydrogen) atoms. The molecule has 2 rings (SSSR count). The van der Waals surface area contributed by atoms with Crippen molar-refractivity contribution < 1.29 is 0 Å². The molecule has 1 aliphatic heterocycles. The fourth-order valence-electron chi connectivity index (χ4n) is 2.81. The van der Waals surface area contributed by atoms with Crippen molar-refractivity contribution in [1.29, 1.82) is 0 Å². The largest absolute Gasteiger partial charge is 0.313 e. The number of nitrogens with one attached hydrogen (secondary N) is 1.